The average molecular weight is 366 g/mol. The minimum atomic E-state index is -0.902. The van der Waals surface area contributed by atoms with Crippen molar-refractivity contribution in [2.45, 2.75) is 19.4 Å². The van der Waals surface area contributed by atoms with Crippen LogP contribution >= 0.6 is 0 Å². The minimum Gasteiger partial charge on any atom is -0.504 e. The summed E-state index contributed by atoms with van der Waals surface area (Å²) < 4.78 is 1.75. The lowest BCUT2D eigenvalue weighted by atomic mass is 10.1. The standard InChI is InChI=1S/C19H18N4O4/c24-16(9-17(25)19-20-12-21-22-19)15-8-14(6-7-18(26)27)11-23(15)10-13-4-2-1-3-5-13/h1-5,8-9,11-12,25H,6-7,10H2,(H,26,27)(H,20,21,22). The van der Waals surface area contributed by atoms with Gasteiger partial charge in [0.1, 0.15) is 6.33 Å². The number of ketones is 1. The van der Waals surface area contributed by atoms with Crippen LogP contribution in [0.1, 0.15) is 33.9 Å². The third kappa shape index (κ3) is 4.69. The van der Waals surface area contributed by atoms with Crippen molar-refractivity contribution >= 4 is 17.5 Å². The molecule has 0 fully saturated rings. The van der Waals surface area contributed by atoms with Gasteiger partial charge in [-0.2, -0.15) is 5.10 Å². The molecule has 0 unspecified atom stereocenters. The Hall–Kier alpha value is -3.68. The monoisotopic (exact) mass is 366 g/mol. The zero-order chi connectivity index (χ0) is 19.2. The van der Waals surface area contributed by atoms with E-state index < -0.39 is 11.8 Å². The number of carboxylic acid groups (broad SMARTS) is 1. The van der Waals surface area contributed by atoms with Crippen LogP contribution in [-0.2, 0) is 17.8 Å². The number of aliphatic hydroxyl groups excluding tert-OH is 1. The zero-order valence-corrected chi connectivity index (χ0v) is 14.4. The highest BCUT2D eigenvalue weighted by molar-refractivity contribution is 6.06. The first kappa shape index (κ1) is 18.1. The molecule has 0 aliphatic heterocycles. The van der Waals surface area contributed by atoms with Crippen molar-refractivity contribution in [1.82, 2.24) is 19.7 Å². The number of nitrogens with zero attached hydrogens (tertiary/aromatic N) is 3. The molecule has 0 saturated carbocycles. The van der Waals surface area contributed by atoms with Crippen LogP contribution in [0.3, 0.4) is 0 Å². The molecule has 1 aromatic carbocycles. The molecule has 0 saturated heterocycles. The molecule has 27 heavy (non-hydrogen) atoms. The highest BCUT2D eigenvalue weighted by atomic mass is 16.4. The molecule has 0 spiro atoms. The van der Waals surface area contributed by atoms with Gasteiger partial charge < -0.3 is 14.8 Å². The molecule has 0 radical (unpaired) electrons. The van der Waals surface area contributed by atoms with E-state index >= 15 is 0 Å². The Bertz CT molecular complexity index is 959. The van der Waals surface area contributed by atoms with Crippen molar-refractivity contribution in [3.05, 3.63) is 77.6 Å². The Morgan fingerprint density at radius 2 is 1.93 bits per heavy atom. The van der Waals surface area contributed by atoms with Crippen LogP contribution in [0.25, 0.3) is 5.76 Å². The lowest BCUT2D eigenvalue weighted by Gasteiger charge is -2.07. The summed E-state index contributed by atoms with van der Waals surface area (Å²) in [5.41, 5.74) is 2.08. The van der Waals surface area contributed by atoms with Gasteiger partial charge in [-0.25, -0.2) is 4.98 Å². The summed E-state index contributed by atoms with van der Waals surface area (Å²) >= 11 is 0. The number of rotatable bonds is 8. The van der Waals surface area contributed by atoms with E-state index in [4.69, 9.17) is 5.11 Å². The molecular formula is C19H18N4O4. The van der Waals surface area contributed by atoms with Crippen molar-refractivity contribution in [3.8, 4) is 0 Å². The van der Waals surface area contributed by atoms with Gasteiger partial charge in [-0.05, 0) is 23.6 Å². The number of allylic oxidation sites excluding steroid dienone is 1. The number of carbonyl (C=O) groups excluding carboxylic acids is 1. The third-order valence-corrected chi connectivity index (χ3v) is 3.94. The largest absolute Gasteiger partial charge is 0.504 e. The molecule has 138 valence electrons. The second kappa shape index (κ2) is 8.13. The molecule has 3 N–H and O–H groups in total. The van der Waals surface area contributed by atoms with Gasteiger partial charge in [-0.1, -0.05) is 30.3 Å². The number of hydrogen-bond acceptors (Lipinski definition) is 5. The molecule has 0 aliphatic rings. The Balaban J connectivity index is 1.90. The fourth-order valence-electron chi connectivity index (χ4n) is 2.67. The van der Waals surface area contributed by atoms with Crippen LogP contribution in [-0.4, -0.2) is 41.7 Å². The quantitative estimate of drug-likeness (QED) is 0.320. The maximum atomic E-state index is 12.7. The molecule has 3 aromatic rings. The van der Waals surface area contributed by atoms with E-state index in [0.29, 0.717) is 18.7 Å². The summed E-state index contributed by atoms with van der Waals surface area (Å²) in [5, 5.41) is 25.1. The normalized spacial score (nSPS) is 11.5. The summed E-state index contributed by atoms with van der Waals surface area (Å²) in [4.78, 5) is 27.3. The molecule has 0 amide bonds. The highest BCUT2D eigenvalue weighted by Crippen LogP contribution is 2.16. The van der Waals surface area contributed by atoms with Crippen molar-refractivity contribution in [1.29, 1.82) is 0 Å². The van der Waals surface area contributed by atoms with E-state index in [9.17, 15) is 14.7 Å². The SMILES string of the molecule is O=C(O)CCc1cc(C(=O)C=C(O)c2nc[nH]n2)n(Cc2ccccc2)c1. The number of aliphatic carboxylic acids is 1. The average Bonchev–Trinajstić information content (AvgIpc) is 3.31. The van der Waals surface area contributed by atoms with E-state index in [1.807, 2.05) is 30.3 Å². The van der Waals surface area contributed by atoms with Crippen molar-refractivity contribution in [3.63, 3.8) is 0 Å². The van der Waals surface area contributed by atoms with Gasteiger partial charge in [0.05, 0.1) is 5.69 Å². The van der Waals surface area contributed by atoms with Crippen molar-refractivity contribution < 1.29 is 19.8 Å². The van der Waals surface area contributed by atoms with Gasteiger partial charge in [-0.15, -0.1) is 0 Å². The number of nitrogens with one attached hydrogen (secondary N) is 1. The number of aromatic nitrogens is 4. The number of aryl methyl sites for hydroxylation is 1. The van der Waals surface area contributed by atoms with Gasteiger partial charge in [0.25, 0.3) is 0 Å². The molecule has 2 aromatic heterocycles. The van der Waals surface area contributed by atoms with E-state index in [1.165, 1.54) is 6.33 Å². The predicted octanol–water partition coefficient (Wildman–Crippen LogP) is 2.45. The van der Waals surface area contributed by atoms with Crippen molar-refractivity contribution in [2.24, 2.45) is 0 Å². The molecular weight excluding hydrogens is 348 g/mol. The van der Waals surface area contributed by atoms with E-state index in [2.05, 4.69) is 15.2 Å². The lowest BCUT2D eigenvalue weighted by molar-refractivity contribution is -0.136. The fourth-order valence-corrected chi connectivity index (χ4v) is 2.67. The molecule has 3 rings (SSSR count). The summed E-state index contributed by atoms with van der Waals surface area (Å²) in [7, 11) is 0. The first-order chi connectivity index (χ1) is 13.0. The highest BCUT2D eigenvalue weighted by Gasteiger charge is 2.15. The second-order valence-electron chi connectivity index (χ2n) is 5.96. The van der Waals surface area contributed by atoms with Gasteiger partial charge in [0.15, 0.2) is 5.76 Å². The number of H-pyrrole nitrogens is 1. The number of carbonyl (C=O) groups is 2. The van der Waals surface area contributed by atoms with Crippen LogP contribution in [0.2, 0.25) is 0 Å². The Labute approximate surface area is 154 Å². The first-order valence-electron chi connectivity index (χ1n) is 8.29. The van der Waals surface area contributed by atoms with Crippen LogP contribution < -0.4 is 0 Å². The van der Waals surface area contributed by atoms with Gasteiger partial charge in [-0.3, -0.25) is 14.7 Å². The molecule has 0 bridgehead atoms. The number of carboxylic acids is 1. The van der Waals surface area contributed by atoms with E-state index in [-0.39, 0.29) is 18.0 Å². The molecule has 0 aliphatic carbocycles. The smallest absolute Gasteiger partial charge is 0.303 e. The zero-order valence-electron chi connectivity index (χ0n) is 14.4. The number of aromatic amines is 1. The summed E-state index contributed by atoms with van der Waals surface area (Å²) in [6, 6.07) is 11.2. The molecule has 2 heterocycles. The van der Waals surface area contributed by atoms with Gasteiger partial charge >= 0.3 is 5.97 Å². The summed E-state index contributed by atoms with van der Waals surface area (Å²) in [6.07, 6.45) is 4.41. The van der Waals surface area contributed by atoms with Gasteiger partial charge in [0.2, 0.25) is 11.6 Å². The Kier molecular flexibility index (Phi) is 5.46. The number of benzene rings is 1. The first-order valence-corrected chi connectivity index (χ1v) is 8.29. The van der Waals surface area contributed by atoms with Crippen LogP contribution in [0, 0.1) is 0 Å². The third-order valence-electron chi connectivity index (χ3n) is 3.94. The lowest BCUT2D eigenvalue weighted by Crippen LogP contribution is -2.08. The fraction of sp³-hybridized carbons (Fsp3) is 0.158. The topological polar surface area (TPSA) is 121 Å². The summed E-state index contributed by atoms with van der Waals surface area (Å²) in [6.45, 7) is 0.449. The summed E-state index contributed by atoms with van der Waals surface area (Å²) in [5.74, 6) is -1.65. The minimum absolute atomic E-state index is 0.0237. The van der Waals surface area contributed by atoms with Crippen molar-refractivity contribution in [2.75, 3.05) is 0 Å². The van der Waals surface area contributed by atoms with Gasteiger partial charge in [0, 0.05) is 25.2 Å². The van der Waals surface area contributed by atoms with Crippen LogP contribution in [0.15, 0.2) is 55.0 Å². The van der Waals surface area contributed by atoms with E-state index in [1.54, 1.807) is 16.8 Å². The van der Waals surface area contributed by atoms with Crippen LogP contribution in [0.5, 0.6) is 0 Å². The molecule has 8 heteroatoms. The maximum Gasteiger partial charge on any atom is 0.303 e. The molecule has 0 atom stereocenters. The second-order valence-corrected chi connectivity index (χ2v) is 5.96. The maximum absolute atomic E-state index is 12.7. The Morgan fingerprint density at radius 1 is 1.15 bits per heavy atom. The predicted molar refractivity (Wildman–Crippen MR) is 97.3 cm³/mol. The Morgan fingerprint density at radius 3 is 2.59 bits per heavy atom. The van der Waals surface area contributed by atoms with E-state index in [0.717, 1.165) is 17.2 Å². The van der Waals surface area contributed by atoms with Crippen LogP contribution in [0.4, 0.5) is 0 Å². The number of aliphatic hydroxyl groups is 1. The molecule has 8 nitrogen and oxygen atoms in total. The number of hydrogen-bond donors (Lipinski definition) is 3.